The summed E-state index contributed by atoms with van der Waals surface area (Å²) in [7, 11) is 0. The second-order valence-corrected chi connectivity index (χ2v) is 3.96. The van der Waals surface area contributed by atoms with Crippen molar-refractivity contribution in [2.45, 2.75) is 31.1 Å². The fourth-order valence-electron chi connectivity index (χ4n) is 1.01. The van der Waals surface area contributed by atoms with Gasteiger partial charge in [-0.3, -0.25) is 0 Å². The van der Waals surface area contributed by atoms with Crippen LogP contribution in [0.4, 0.5) is 0 Å². The Kier molecular flexibility index (Phi) is 14.6. The Balaban J connectivity index is 0. The molecule has 1 rings (SSSR count). The fourth-order valence-corrected chi connectivity index (χ4v) is 1.92. The Bertz CT molecular complexity index is 204. The van der Waals surface area contributed by atoms with Gasteiger partial charge in [-0.05, 0) is 12.2 Å². The Hall–Kier alpha value is 0.816. The van der Waals surface area contributed by atoms with Crippen LogP contribution >= 0.6 is 11.8 Å². The standard InChI is InChI=1S/C11H15S.BrH.Mg/c1-2-3-7-10-12-11-8-5-4-6-9-11;;/h4-5,8-9H,2-3,7,10H2,1H3;1H;/q-1;;+2/p-1. The third-order valence-electron chi connectivity index (χ3n) is 1.70. The number of rotatable bonds is 5. The molecule has 0 aliphatic carbocycles. The molecule has 0 unspecified atom stereocenters. The molecule has 3 heteroatoms. The molecule has 0 aliphatic rings. The minimum absolute atomic E-state index is 0. The number of thioether (sulfide) groups is 1. The maximum Gasteiger partial charge on any atom is 2.00 e. The van der Waals surface area contributed by atoms with E-state index in [1.807, 2.05) is 23.9 Å². The van der Waals surface area contributed by atoms with Crippen LogP contribution in [0.5, 0.6) is 0 Å². The summed E-state index contributed by atoms with van der Waals surface area (Å²) in [6.07, 6.45) is 3.99. The molecule has 1 aromatic carbocycles. The fraction of sp³-hybridized carbons (Fsp3) is 0.455. The Labute approximate surface area is 118 Å². The van der Waals surface area contributed by atoms with Gasteiger partial charge in [0.05, 0.1) is 0 Å². The van der Waals surface area contributed by atoms with Crippen molar-refractivity contribution in [3.05, 3.63) is 30.3 Å². The molecule has 0 atom stereocenters. The van der Waals surface area contributed by atoms with E-state index < -0.39 is 0 Å². The third kappa shape index (κ3) is 8.15. The number of unbranched alkanes of at least 4 members (excludes halogenated alkanes) is 2. The molecule has 0 heterocycles. The average molecular weight is 284 g/mol. The smallest absolute Gasteiger partial charge is 1.00 e. The summed E-state index contributed by atoms with van der Waals surface area (Å²) < 4.78 is 0. The van der Waals surface area contributed by atoms with Gasteiger partial charge in [0.25, 0.3) is 0 Å². The van der Waals surface area contributed by atoms with E-state index in [1.165, 1.54) is 29.9 Å². The topological polar surface area (TPSA) is 0 Å². The molecule has 0 aliphatic heterocycles. The SMILES string of the molecule is CCCCCSc1c[c-]ccc1.[Br-].[Mg+2]. The molecule has 0 saturated carbocycles. The van der Waals surface area contributed by atoms with Crippen LogP contribution in [0, 0.1) is 6.07 Å². The summed E-state index contributed by atoms with van der Waals surface area (Å²) in [5.74, 6) is 1.24. The van der Waals surface area contributed by atoms with Crippen LogP contribution in [0.25, 0.3) is 0 Å². The van der Waals surface area contributed by atoms with Gasteiger partial charge in [0.1, 0.15) is 0 Å². The molecule has 14 heavy (non-hydrogen) atoms. The summed E-state index contributed by atoms with van der Waals surface area (Å²) in [6.45, 7) is 2.24. The average Bonchev–Trinajstić information content (AvgIpc) is 2.14. The number of hydrogen-bond donors (Lipinski definition) is 0. The molecular weight excluding hydrogens is 268 g/mol. The van der Waals surface area contributed by atoms with Crippen molar-refractivity contribution in [1.29, 1.82) is 0 Å². The van der Waals surface area contributed by atoms with Gasteiger partial charge in [-0.15, -0.1) is 4.90 Å². The predicted molar refractivity (Wildman–Crippen MR) is 61.3 cm³/mol. The molecule has 0 fully saturated rings. The van der Waals surface area contributed by atoms with Crippen LogP contribution < -0.4 is 17.0 Å². The molecule has 0 radical (unpaired) electrons. The van der Waals surface area contributed by atoms with Crippen LogP contribution in [0.15, 0.2) is 29.2 Å². The molecule has 0 amide bonds. The third-order valence-corrected chi connectivity index (χ3v) is 2.78. The van der Waals surface area contributed by atoms with Gasteiger partial charge >= 0.3 is 23.1 Å². The molecule has 0 bridgehead atoms. The van der Waals surface area contributed by atoms with Crippen molar-refractivity contribution in [1.82, 2.24) is 0 Å². The van der Waals surface area contributed by atoms with Gasteiger partial charge in [0.15, 0.2) is 0 Å². The van der Waals surface area contributed by atoms with E-state index in [4.69, 9.17) is 0 Å². The van der Waals surface area contributed by atoms with E-state index in [0.717, 1.165) is 0 Å². The number of benzene rings is 1. The monoisotopic (exact) mass is 282 g/mol. The first-order valence-corrected chi connectivity index (χ1v) is 5.51. The molecule has 0 spiro atoms. The van der Waals surface area contributed by atoms with E-state index in [0.29, 0.717) is 0 Å². The van der Waals surface area contributed by atoms with Crippen molar-refractivity contribution in [3.8, 4) is 0 Å². The van der Waals surface area contributed by atoms with Gasteiger partial charge in [-0.25, -0.2) is 0 Å². The zero-order chi connectivity index (χ0) is 8.65. The molecular formula is C11H15BrMgS. The molecule has 0 N–H and O–H groups in total. The van der Waals surface area contributed by atoms with Gasteiger partial charge < -0.3 is 17.0 Å². The quantitative estimate of drug-likeness (QED) is 0.326. The summed E-state index contributed by atoms with van der Waals surface area (Å²) in [6, 6.07) is 11.3. The van der Waals surface area contributed by atoms with Crippen LogP contribution in [0.3, 0.4) is 0 Å². The van der Waals surface area contributed by atoms with Crippen LogP contribution in [0.2, 0.25) is 0 Å². The van der Waals surface area contributed by atoms with Crippen LogP contribution in [-0.2, 0) is 0 Å². The second-order valence-electron chi connectivity index (χ2n) is 2.79. The van der Waals surface area contributed by atoms with Crippen molar-refractivity contribution in [2.75, 3.05) is 5.75 Å². The van der Waals surface area contributed by atoms with Gasteiger partial charge in [0, 0.05) is 0 Å². The van der Waals surface area contributed by atoms with E-state index in [-0.39, 0.29) is 40.0 Å². The molecule has 1 aromatic rings. The summed E-state index contributed by atoms with van der Waals surface area (Å²) in [4.78, 5) is 1.34. The molecule has 0 aromatic heterocycles. The van der Waals surface area contributed by atoms with E-state index in [9.17, 15) is 0 Å². The first kappa shape index (κ1) is 17.2. The number of halogens is 1. The molecule has 0 saturated heterocycles. The second kappa shape index (κ2) is 11.9. The maximum atomic E-state index is 3.08. The molecule has 0 nitrogen and oxygen atoms in total. The minimum Gasteiger partial charge on any atom is -1.00 e. The Morgan fingerprint density at radius 3 is 2.71 bits per heavy atom. The first-order valence-electron chi connectivity index (χ1n) is 4.52. The van der Waals surface area contributed by atoms with E-state index >= 15 is 0 Å². The van der Waals surface area contributed by atoms with Gasteiger partial charge in [-0.2, -0.15) is 42.1 Å². The van der Waals surface area contributed by atoms with Gasteiger partial charge in [-0.1, -0.05) is 19.8 Å². The first-order chi connectivity index (χ1) is 5.93. The molecule has 74 valence electrons. The Morgan fingerprint density at radius 1 is 1.36 bits per heavy atom. The normalized spacial score (nSPS) is 8.64. The van der Waals surface area contributed by atoms with Crippen molar-refractivity contribution in [2.24, 2.45) is 0 Å². The largest absolute Gasteiger partial charge is 2.00 e. The van der Waals surface area contributed by atoms with Crippen molar-refractivity contribution < 1.29 is 17.0 Å². The maximum absolute atomic E-state index is 3.08. The van der Waals surface area contributed by atoms with E-state index in [2.05, 4.69) is 25.1 Å². The van der Waals surface area contributed by atoms with Crippen LogP contribution in [-0.4, -0.2) is 28.8 Å². The summed E-state index contributed by atoms with van der Waals surface area (Å²) in [5.41, 5.74) is 0. The van der Waals surface area contributed by atoms with E-state index in [1.54, 1.807) is 0 Å². The van der Waals surface area contributed by atoms with Crippen molar-refractivity contribution in [3.63, 3.8) is 0 Å². The van der Waals surface area contributed by atoms with Crippen molar-refractivity contribution >= 4 is 34.8 Å². The predicted octanol–water partition coefficient (Wildman–Crippen LogP) is 0.392. The summed E-state index contributed by atoms with van der Waals surface area (Å²) >= 11 is 1.93. The summed E-state index contributed by atoms with van der Waals surface area (Å²) in [5, 5.41) is 0. The zero-order valence-corrected chi connectivity index (χ0v) is 12.4. The zero-order valence-electron chi connectivity index (χ0n) is 8.63. The number of hydrogen-bond acceptors (Lipinski definition) is 1. The minimum atomic E-state index is 0. The van der Waals surface area contributed by atoms with Gasteiger partial charge in [0.2, 0.25) is 0 Å². The van der Waals surface area contributed by atoms with Crippen LogP contribution in [0.1, 0.15) is 26.2 Å². The Morgan fingerprint density at radius 2 is 2.14 bits per heavy atom.